The number of anilines is 1. The van der Waals surface area contributed by atoms with E-state index in [9.17, 15) is 14.9 Å². The van der Waals surface area contributed by atoms with Crippen molar-refractivity contribution in [2.75, 3.05) is 26.0 Å². The summed E-state index contributed by atoms with van der Waals surface area (Å²) in [5, 5.41) is 12.2. The van der Waals surface area contributed by atoms with Crippen LogP contribution in [0, 0.1) is 18.3 Å². The van der Waals surface area contributed by atoms with Gasteiger partial charge in [0.05, 0.1) is 6.61 Å². The van der Waals surface area contributed by atoms with Crippen molar-refractivity contribution in [3.63, 3.8) is 0 Å². The van der Waals surface area contributed by atoms with Gasteiger partial charge in [0.2, 0.25) is 0 Å². The molecular formula is C24H27N3O4. The summed E-state index contributed by atoms with van der Waals surface area (Å²) in [5.74, 6) is 0.149. The molecule has 0 bridgehead atoms. The number of hydrogen-bond donors (Lipinski definition) is 1. The summed E-state index contributed by atoms with van der Waals surface area (Å²) >= 11 is 0. The molecular weight excluding hydrogens is 394 g/mol. The molecule has 7 nitrogen and oxygen atoms in total. The van der Waals surface area contributed by atoms with Crippen molar-refractivity contribution in [2.45, 2.75) is 26.9 Å². The monoisotopic (exact) mass is 421 g/mol. The molecule has 31 heavy (non-hydrogen) atoms. The molecule has 0 unspecified atom stereocenters. The lowest BCUT2D eigenvalue weighted by Crippen LogP contribution is -2.35. The fourth-order valence-corrected chi connectivity index (χ4v) is 2.74. The normalized spacial score (nSPS) is 11.8. The zero-order valence-corrected chi connectivity index (χ0v) is 18.4. The van der Waals surface area contributed by atoms with Gasteiger partial charge in [-0.25, -0.2) is 0 Å². The Hall–Kier alpha value is -3.79. The van der Waals surface area contributed by atoms with Crippen molar-refractivity contribution in [2.24, 2.45) is 0 Å². The van der Waals surface area contributed by atoms with E-state index in [0.29, 0.717) is 29.4 Å². The molecule has 0 aromatic heterocycles. The number of carbonyl (C=O) groups excluding carboxylic acids is 2. The van der Waals surface area contributed by atoms with Gasteiger partial charge in [0.15, 0.2) is 17.6 Å². The van der Waals surface area contributed by atoms with E-state index in [1.54, 1.807) is 51.4 Å². The lowest BCUT2D eigenvalue weighted by molar-refractivity contribution is -0.135. The maximum Gasteiger partial charge on any atom is 0.266 e. The van der Waals surface area contributed by atoms with Gasteiger partial charge in [0, 0.05) is 19.8 Å². The van der Waals surface area contributed by atoms with Crippen LogP contribution in [0.2, 0.25) is 0 Å². The first-order chi connectivity index (χ1) is 14.7. The number of aryl methyl sites for hydroxylation is 1. The van der Waals surface area contributed by atoms with Gasteiger partial charge < -0.3 is 19.7 Å². The predicted octanol–water partition coefficient (Wildman–Crippen LogP) is 3.79. The molecule has 1 atom stereocenters. The van der Waals surface area contributed by atoms with Gasteiger partial charge in [0.25, 0.3) is 11.8 Å². The van der Waals surface area contributed by atoms with Crippen LogP contribution >= 0.6 is 0 Å². The maximum atomic E-state index is 12.5. The van der Waals surface area contributed by atoms with Gasteiger partial charge in [-0.2, -0.15) is 5.26 Å². The molecule has 7 heteroatoms. The SMILES string of the molecule is CCOc1cc(/C=C(\C#N)C(=O)Nc2ccc(C)cc2)ccc1O[C@H](C)C(=O)N(C)C. The number of hydrogen-bond acceptors (Lipinski definition) is 5. The van der Waals surface area contributed by atoms with E-state index >= 15 is 0 Å². The summed E-state index contributed by atoms with van der Waals surface area (Å²) < 4.78 is 11.4. The Morgan fingerprint density at radius 3 is 2.42 bits per heavy atom. The number of likely N-dealkylation sites (N-methyl/N-ethyl adjacent to an activating group) is 1. The molecule has 162 valence electrons. The van der Waals surface area contributed by atoms with Crippen LogP contribution in [0.1, 0.15) is 25.0 Å². The summed E-state index contributed by atoms with van der Waals surface area (Å²) in [6.07, 6.45) is 0.787. The average Bonchev–Trinajstić information content (AvgIpc) is 2.74. The third-order valence-electron chi connectivity index (χ3n) is 4.35. The van der Waals surface area contributed by atoms with Crippen LogP contribution in [0.5, 0.6) is 11.5 Å². The Labute approximate surface area is 182 Å². The predicted molar refractivity (Wildman–Crippen MR) is 120 cm³/mol. The Morgan fingerprint density at radius 2 is 1.84 bits per heavy atom. The zero-order valence-electron chi connectivity index (χ0n) is 18.4. The molecule has 1 N–H and O–H groups in total. The second-order valence-corrected chi connectivity index (χ2v) is 7.12. The zero-order chi connectivity index (χ0) is 23.0. The first-order valence-corrected chi connectivity index (χ1v) is 9.89. The van der Waals surface area contributed by atoms with Crippen LogP contribution in [0.15, 0.2) is 48.0 Å². The van der Waals surface area contributed by atoms with E-state index < -0.39 is 12.0 Å². The summed E-state index contributed by atoms with van der Waals surface area (Å²) in [6, 6.07) is 14.3. The van der Waals surface area contributed by atoms with Crippen molar-refractivity contribution in [1.29, 1.82) is 5.26 Å². The molecule has 0 aliphatic rings. The van der Waals surface area contributed by atoms with Crippen LogP contribution in [0.25, 0.3) is 6.08 Å². The Balaban J connectivity index is 2.25. The second-order valence-electron chi connectivity index (χ2n) is 7.12. The molecule has 2 rings (SSSR count). The first kappa shape index (κ1) is 23.5. The van der Waals surface area contributed by atoms with Crippen molar-refractivity contribution in [3.8, 4) is 17.6 Å². The van der Waals surface area contributed by atoms with E-state index in [1.807, 2.05) is 32.0 Å². The summed E-state index contributed by atoms with van der Waals surface area (Å²) in [5.41, 5.74) is 2.22. The average molecular weight is 421 g/mol. The lowest BCUT2D eigenvalue weighted by atomic mass is 10.1. The number of nitrogens with one attached hydrogen (secondary N) is 1. The van der Waals surface area contributed by atoms with Crippen LogP contribution in [-0.4, -0.2) is 43.5 Å². The van der Waals surface area contributed by atoms with Gasteiger partial charge in [0.1, 0.15) is 11.6 Å². The number of benzene rings is 2. The minimum Gasteiger partial charge on any atom is -0.490 e. The van der Waals surface area contributed by atoms with Gasteiger partial charge in [-0.3, -0.25) is 9.59 Å². The standard InChI is InChI=1S/C24H27N3O4/c1-6-30-22-14-18(9-12-21(22)31-17(3)24(29)27(4)5)13-19(15-25)23(28)26-20-10-7-16(2)8-11-20/h7-14,17H,6H2,1-5H3,(H,26,28)/b19-13+/t17-/m1/s1. The third-order valence-corrected chi connectivity index (χ3v) is 4.35. The summed E-state index contributed by atoms with van der Waals surface area (Å²) in [6.45, 7) is 5.83. The Morgan fingerprint density at radius 1 is 1.16 bits per heavy atom. The highest BCUT2D eigenvalue weighted by Gasteiger charge is 2.19. The number of amides is 2. The molecule has 0 radical (unpaired) electrons. The number of ether oxygens (including phenoxy) is 2. The smallest absolute Gasteiger partial charge is 0.266 e. The minimum absolute atomic E-state index is 0.0483. The summed E-state index contributed by atoms with van der Waals surface area (Å²) in [7, 11) is 3.31. The molecule has 2 amide bonds. The van der Waals surface area contributed by atoms with E-state index in [-0.39, 0.29) is 11.5 Å². The Bertz CT molecular complexity index is 1000. The molecule has 0 saturated heterocycles. The third kappa shape index (κ3) is 6.61. The second kappa shape index (κ2) is 10.8. The van der Waals surface area contributed by atoms with Crippen LogP contribution in [0.4, 0.5) is 5.69 Å². The molecule has 0 heterocycles. The van der Waals surface area contributed by atoms with Crippen LogP contribution in [-0.2, 0) is 9.59 Å². The highest BCUT2D eigenvalue weighted by atomic mass is 16.5. The Kier molecular flexibility index (Phi) is 8.21. The number of carbonyl (C=O) groups is 2. The van der Waals surface area contributed by atoms with E-state index in [4.69, 9.17) is 9.47 Å². The van der Waals surface area contributed by atoms with Gasteiger partial charge in [-0.15, -0.1) is 0 Å². The maximum absolute atomic E-state index is 12.5. The quantitative estimate of drug-likeness (QED) is 0.517. The molecule has 0 saturated carbocycles. The van der Waals surface area contributed by atoms with Gasteiger partial charge in [-0.1, -0.05) is 23.8 Å². The number of rotatable bonds is 8. The highest BCUT2D eigenvalue weighted by Crippen LogP contribution is 2.30. The van der Waals surface area contributed by atoms with Crippen molar-refractivity contribution in [1.82, 2.24) is 4.90 Å². The lowest BCUT2D eigenvalue weighted by Gasteiger charge is -2.20. The van der Waals surface area contributed by atoms with Gasteiger partial charge in [-0.05, 0) is 56.7 Å². The number of nitriles is 1. The summed E-state index contributed by atoms with van der Waals surface area (Å²) in [4.78, 5) is 26.0. The van der Waals surface area contributed by atoms with Crippen LogP contribution in [0.3, 0.4) is 0 Å². The van der Waals surface area contributed by atoms with Crippen molar-refractivity contribution in [3.05, 3.63) is 59.2 Å². The molecule has 0 spiro atoms. The molecule has 2 aromatic carbocycles. The first-order valence-electron chi connectivity index (χ1n) is 9.89. The molecule has 0 aliphatic carbocycles. The fourth-order valence-electron chi connectivity index (χ4n) is 2.74. The van der Waals surface area contributed by atoms with Crippen molar-refractivity contribution < 1.29 is 19.1 Å². The van der Waals surface area contributed by atoms with Crippen molar-refractivity contribution >= 4 is 23.6 Å². The molecule has 2 aromatic rings. The fraction of sp³-hybridized carbons (Fsp3) is 0.292. The number of nitrogens with zero attached hydrogens (tertiary/aromatic N) is 2. The minimum atomic E-state index is -0.689. The van der Waals surface area contributed by atoms with E-state index in [1.165, 1.54) is 11.0 Å². The van der Waals surface area contributed by atoms with E-state index in [2.05, 4.69) is 5.32 Å². The highest BCUT2D eigenvalue weighted by molar-refractivity contribution is 6.09. The van der Waals surface area contributed by atoms with Crippen LogP contribution < -0.4 is 14.8 Å². The van der Waals surface area contributed by atoms with E-state index in [0.717, 1.165) is 5.56 Å². The molecule has 0 aliphatic heterocycles. The largest absolute Gasteiger partial charge is 0.490 e. The molecule has 0 fully saturated rings. The topological polar surface area (TPSA) is 91.7 Å². The van der Waals surface area contributed by atoms with Gasteiger partial charge >= 0.3 is 0 Å².